The van der Waals surface area contributed by atoms with Crippen molar-refractivity contribution in [3.05, 3.63) is 16.3 Å². The Morgan fingerprint density at radius 2 is 2.54 bits per heavy atom. The van der Waals surface area contributed by atoms with Crippen LogP contribution in [0.15, 0.2) is 10.8 Å². The van der Waals surface area contributed by atoms with Gasteiger partial charge in [0.1, 0.15) is 5.75 Å². The van der Waals surface area contributed by atoms with Gasteiger partial charge in [-0.25, -0.2) is 0 Å². The molecular formula is C11H12OS. The van der Waals surface area contributed by atoms with Crippen LogP contribution in [0.25, 0.3) is 0 Å². The van der Waals surface area contributed by atoms with Crippen molar-refractivity contribution in [1.29, 1.82) is 0 Å². The fourth-order valence-corrected chi connectivity index (χ4v) is 2.41. The van der Waals surface area contributed by atoms with Gasteiger partial charge in [-0.15, -0.1) is 23.7 Å². The van der Waals surface area contributed by atoms with Crippen LogP contribution in [0.3, 0.4) is 0 Å². The molecule has 1 nitrogen and oxygen atoms in total. The molecule has 0 fully saturated rings. The molecule has 2 heterocycles. The summed E-state index contributed by atoms with van der Waals surface area (Å²) >= 11 is 1.71. The molecule has 0 radical (unpaired) electrons. The number of ether oxygens (including phenoxy) is 1. The number of rotatable bonds is 1. The molecule has 0 saturated heterocycles. The van der Waals surface area contributed by atoms with E-state index in [2.05, 4.69) is 16.7 Å². The van der Waals surface area contributed by atoms with E-state index < -0.39 is 0 Å². The standard InChI is InChI=1S/C11H12OS/c1-2-3-9-4-5-10-7-13-8-11(10)12-6-9/h1,7-9H,3-6H2. The number of hydrogen-bond acceptors (Lipinski definition) is 2. The van der Waals surface area contributed by atoms with E-state index in [0.717, 1.165) is 31.6 Å². The third-order valence-corrected chi connectivity index (χ3v) is 3.18. The van der Waals surface area contributed by atoms with Crippen LogP contribution >= 0.6 is 11.3 Å². The maximum absolute atomic E-state index is 5.67. The SMILES string of the molecule is C#CCC1CCc2cscc2OC1. The fourth-order valence-electron chi connectivity index (χ4n) is 1.60. The summed E-state index contributed by atoms with van der Waals surface area (Å²) in [4.78, 5) is 0. The highest BCUT2D eigenvalue weighted by Gasteiger charge is 2.16. The van der Waals surface area contributed by atoms with Gasteiger partial charge in [0.15, 0.2) is 0 Å². The summed E-state index contributed by atoms with van der Waals surface area (Å²) in [5, 5.41) is 4.25. The number of thiophene rings is 1. The van der Waals surface area contributed by atoms with Gasteiger partial charge < -0.3 is 4.74 Å². The van der Waals surface area contributed by atoms with Gasteiger partial charge in [-0.1, -0.05) is 0 Å². The van der Waals surface area contributed by atoms with E-state index >= 15 is 0 Å². The molecule has 2 rings (SSSR count). The predicted molar refractivity (Wildman–Crippen MR) is 55.1 cm³/mol. The summed E-state index contributed by atoms with van der Waals surface area (Å²) in [5.41, 5.74) is 1.35. The molecule has 13 heavy (non-hydrogen) atoms. The molecule has 0 saturated carbocycles. The molecule has 0 bridgehead atoms. The van der Waals surface area contributed by atoms with E-state index in [4.69, 9.17) is 11.2 Å². The van der Waals surface area contributed by atoms with Gasteiger partial charge in [-0.2, -0.15) is 0 Å². The second kappa shape index (κ2) is 3.85. The lowest BCUT2D eigenvalue weighted by molar-refractivity contribution is 0.256. The van der Waals surface area contributed by atoms with Gasteiger partial charge >= 0.3 is 0 Å². The Balaban J connectivity index is 2.05. The summed E-state index contributed by atoms with van der Waals surface area (Å²) in [6.45, 7) is 0.786. The van der Waals surface area contributed by atoms with Crippen molar-refractivity contribution in [3.63, 3.8) is 0 Å². The number of fused-ring (bicyclic) bond motifs is 1. The third kappa shape index (κ3) is 1.87. The zero-order valence-electron chi connectivity index (χ0n) is 7.45. The molecule has 1 aliphatic rings. The minimum Gasteiger partial charge on any atom is -0.492 e. The molecule has 1 aromatic heterocycles. The van der Waals surface area contributed by atoms with Crippen molar-refractivity contribution in [2.75, 3.05) is 6.61 Å². The summed E-state index contributed by atoms with van der Waals surface area (Å²) in [7, 11) is 0. The molecule has 0 spiro atoms. The van der Waals surface area contributed by atoms with Crippen molar-refractivity contribution in [2.45, 2.75) is 19.3 Å². The van der Waals surface area contributed by atoms with Crippen LogP contribution in [0.4, 0.5) is 0 Å². The monoisotopic (exact) mass is 192 g/mol. The van der Waals surface area contributed by atoms with Crippen LogP contribution in [-0.4, -0.2) is 6.61 Å². The molecule has 0 N–H and O–H groups in total. The van der Waals surface area contributed by atoms with Crippen molar-refractivity contribution >= 4 is 11.3 Å². The Bertz CT molecular complexity index is 299. The second-order valence-corrected chi connectivity index (χ2v) is 4.13. The molecule has 0 aromatic carbocycles. The quantitative estimate of drug-likeness (QED) is 0.622. The minimum atomic E-state index is 0.544. The average Bonchev–Trinajstić information content (AvgIpc) is 2.50. The summed E-state index contributed by atoms with van der Waals surface area (Å²) in [6.07, 6.45) is 8.41. The third-order valence-electron chi connectivity index (χ3n) is 2.40. The smallest absolute Gasteiger partial charge is 0.133 e. The molecule has 1 atom stereocenters. The molecule has 68 valence electrons. The lowest BCUT2D eigenvalue weighted by Crippen LogP contribution is -2.09. The topological polar surface area (TPSA) is 9.23 Å². The lowest BCUT2D eigenvalue weighted by Gasteiger charge is -2.09. The zero-order chi connectivity index (χ0) is 9.10. The molecule has 2 heteroatoms. The number of terminal acetylenes is 1. The van der Waals surface area contributed by atoms with Crippen molar-refractivity contribution < 1.29 is 4.74 Å². The van der Waals surface area contributed by atoms with Gasteiger partial charge in [-0.05, 0) is 18.2 Å². The molecule has 0 amide bonds. The van der Waals surface area contributed by atoms with Crippen molar-refractivity contribution in [2.24, 2.45) is 5.92 Å². The van der Waals surface area contributed by atoms with Crippen LogP contribution in [-0.2, 0) is 6.42 Å². The zero-order valence-corrected chi connectivity index (χ0v) is 8.27. The Hall–Kier alpha value is -0.940. The van der Waals surface area contributed by atoms with E-state index in [0.29, 0.717) is 5.92 Å². The molecule has 1 aromatic rings. The predicted octanol–water partition coefficient (Wildman–Crippen LogP) is 2.71. The highest BCUT2D eigenvalue weighted by Crippen LogP contribution is 2.30. The number of aryl methyl sites for hydroxylation is 1. The Morgan fingerprint density at radius 3 is 3.38 bits per heavy atom. The Morgan fingerprint density at radius 1 is 1.62 bits per heavy atom. The largest absolute Gasteiger partial charge is 0.492 e. The van der Waals surface area contributed by atoms with Gasteiger partial charge in [0.25, 0.3) is 0 Å². The molecule has 0 aliphatic carbocycles. The molecular weight excluding hydrogens is 180 g/mol. The Kier molecular flexibility index (Phi) is 2.56. The normalized spacial score (nSPS) is 21.0. The Labute approximate surface area is 82.7 Å². The first-order chi connectivity index (χ1) is 6.40. The van der Waals surface area contributed by atoms with Crippen LogP contribution in [0.5, 0.6) is 5.75 Å². The van der Waals surface area contributed by atoms with Crippen molar-refractivity contribution in [3.8, 4) is 18.1 Å². The van der Waals surface area contributed by atoms with E-state index in [1.165, 1.54) is 5.56 Å². The van der Waals surface area contributed by atoms with Crippen molar-refractivity contribution in [1.82, 2.24) is 0 Å². The summed E-state index contributed by atoms with van der Waals surface area (Å²) in [5.74, 6) is 4.32. The first-order valence-electron chi connectivity index (χ1n) is 4.51. The lowest BCUT2D eigenvalue weighted by atomic mass is 10.00. The minimum absolute atomic E-state index is 0.544. The van der Waals surface area contributed by atoms with E-state index in [9.17, 15) is 0 Å². The first kappa shape index (κ1) is 8.65. The van der Waals surface area contributed by atoms with Crippen LogP contribution in [0.2, 0.25) is 0 Å². The fraction of sp³-hybridized carbons (Fsp3) is 0.455. The van der Waals surface area contributed by atoms with Gasteiger partial charge in [0.2, 0.25) is 0 Å². The number of hydrogen-bond donors (Lipinski definition) is 0. The summed E-state index contributed by atoms with van der Waals surface area (Å²) < 4.78 is 5.67. The highest BCUT2D eigenvalue weighted by atomic mass is 32.1. The van der Waals surface area contributed by atoms with E-state index in [1.807, 2.05) is 0 Å². The van der Waals surface area contributed by atoms with Crippen LogP contribution < -0.4 is 4.74 Å². The van der Waals surface area contributed by atoms with Gasteiger partial charge in [0, 0.05) is 23.3 Å². The summed E-state index contributed by atoms with van der Waals surface area (Å²) in [6, 6.07) is 0. The highest BCUT2D eigenvalue weighted by molar-refractivity contribution is 7.08. The van der Waals surface area contributed by atoms with E-state index in [-0.39, 0.29) is 0 Å². The van der Waals surface area contributed by atoms with Crippen LogP contribution in [0.1, 0.15) is 18.4 Å². The van der Waals surface area contributed by atoms with Gasteiger partial charge in [-0.3, -0.25) is 0 Å². The first-order valence-corrected chi connectivity index (χ1v) is 5.45. The second-order valence-electron chi connectivity index (χ2n) is 3.39. The van der Waals surface area contributed by atoms with E-state index in [1.54, 1.807) is 11.3 Å². The molecule has 1 unspecified atom stereocenters. The van der Waals surface area contributed by atoms with Gasteiger partial charge in [0.05, 0.1) is 6.61 Å². The van der Waals surface area contributed by atoms with Crippen LogP contribution in [0, 0.1) is 18.3 Å². The molecule has 1 aliphatic heterocycles. The maximum Gasteiger partial charge on any atom is 0.133 e. The average molecular weight is 192 g/mol. The maximum atomic E-state index is 5.67.